The number of amides is 4. The number of anilines is 1. The number of hydrogen-bond acceptors (Lipinski definition) is 6. The van der Waals surface area contributed by atoms with E-state index in [1.165, 1.54) is 20.3 Å². The quantitative estimate of drug-likeness (QED) is 0.442. The molecule has 1 saturated heterocycles. The zero-order valence-electron chi connectivity index (χ0n) is 18.0. The van der Waals surface area contributed by atoms with Gasteiger partial charge in [0.05, 0.1) is 37.6 Å². The Hall–Kier alpha value is -3.36. The molecular weight excluding hydrogens is 436 g/mol. The van der Waals surface area contributed by atoms with Crippen LogP contribution in [-0.4, -0.2) is 56.7 Å². The molecule has 0 bridgehead atoms. The van der Waals surface area contributed by atoms with Crippen LogP contribution in [0.3, 0.4) is 0 Å². The van der Waals surface area contributed by atoms with E-state index < -0.39 is 17.8 Å². The van der Waals surface area contributed by atoms with Crippen LogP contribution >= 0.6 is 11.6 Å². The molecule has 0 atom stereocenters. The van der Waals surface area contributed by atoms with Gasteiger partial charge in [-0.05, 0) is 42.8 Å². The van der Waals surface area contributed by atoms with Crippen molar-refractivity contribution in [3.05, 3.63) is 58.6 Å². The van der Waals surface area contributed by atoms with Gasteiger partial charge >= 0.3 is 6.03 Å². The van der Waals surface area contributed by atoms with Crippen LogP contribution in [0.25, 0.3) is 6.08 Å². The van der Waals surface area contributed by atoms with Gasteiger partial charge in [-0.2, -0.15) is 0 Å². The summed E-state index contributed by atoms with van der Waals surface area (Å²) in [7, 11) is 2.93. The Bertz CT molecular complexity index is 1050. The van der Waals surface area contributed by atoms with Gasteiger partial charge in [0.1, 0.15) is 5.57 Å². The van der Waals surface area contributed by atoms with Crippen molar-refractivity contribution in [3.63, 3.8) is 0 Å². The molecule has 3 rings (SSSR count). The van der Waals surface area contributed by atoms with Crippen LogP contribution in [0.1, 0.15) is 12.5 Å². The molecule has 1 fully saturated rings. The first-order valence-electron chi connectivity index (χ1n) is 9.89. The molecule has 1 aliphatic heterocycles. The van der Waals surface area contributed by atoms with Crippen LogP contribution in [0.4, 0.5) is 10.5 Å². The zero-order valence-corrected chi connectivity index (χ0v) is 18.7. The molecule has 1 aliphatic rings. The van der Waals surface area contributed by atoms with Gasteiger partial charge in [-0.15, -0.1) is 0 Å². The maximum atomic E-state index is 13.3. The van der Waals surface area contributed by atoms with Crippen molar-refractivity contribution < 1.29 is 28.6 Å². The molecule has 0 unspecified atom stereocenters. The van der Waals surface area contributed by atoms with Gasteiger partial charge in [-0.3, -0.25) is 14.5 Å². The second-order valence-corrected chi connectivity index (χ2v) is 7.14. The highest BCUT2D eigenvalue weighted by Crippen LogP contribution is 2.37. The second-order valence-electron chi connectivity index (χ2n) is 6.73. The highest BCUT2D eigenvalue weighted by molar-refractivity contribution is 6.39. The van der Waals surface area contributed by atoms with E-state index in [0.29, 0.717) is 29.4 Å². The lowest BCUT2D eigenvalue weighted by molar-refractivity contribution is -0.129. The molecule has 0 saturated carbocycles. The fourth-order valence-electron chi connectivity index (χ4n) is 3.26. The minimum atomic E-state index is -0.733. The summed E-state index contributed by atoms with van der Waals surface area (Å²) in [5.74, 6) is -0.726. The molecule has 0 radical (unpaired) electrons. The predicted molar refractivity (Wildman–Crippen MR) is 120 cm³/mol. The Balaban J connectivity index is 2.11. The molecule has 2 aromatic rings. The van der Waals surface area contributed by atoms with Crippen molar-refractivity contribution in [2.45, 2.75) is 6.92 Å². The highest BCUT2D eigenvalue weighted by Gasteiger charge is 2.42. The van der Waals surface area contributed by atoms with Gasteiger partial charge in [0, 0.05) is 7.11 Å². The zero-order chi connectivity index (χ0) is 23.3. The molecule has 8 nitrogen and oxygen atoms in total. The van der Waals surface area contributed by atoms with E-state index in [1.54, 1.807) is 42.5 Å². The summed E-state index contributed by atoms with van der Waals surface area (Å²) in [6, 6.07) is 10.8. The smallest absolute Gasteiger partial charge is 0.338 e. The normalized spacial score (nSPS) is 15.5. The number of hydrogen-bond donors (Lipinski definition) is 0. The molecule has 168 valence electrons. The van der Waals surface area contributed by atoms with Crippen LogP contribution in [0.2, 0.25) is 5.02 Å². The molecule has 0 aliphatic carbocycles. The van der Waals surface area contributed by atoms with Gasteiger partial charge in [0.2, 0.25) is 0 Å². The van der Waals surface area contributed by atoms with E-state index in [0.717, 1.165) is 9.80 Å². The Morgan fingerprint density at radius 2 is 1.75 bits per heavy atom. The lowest BCUT2D eigenvalue weighted by Gasteiger charge is -2.33. The Kier molecular flexibility index (Phi) is 7.50. The van der Waals surface area contributed by atoms with Gasteiger partial charge in [-0.25, -0.2) is 9.69 Å². The third-order valence-corrected chi connectivity index (χ3v) is 4.99. The summed E-state index contributed by atoms with van der Waals surface area (Å²) in [6.07, 6.45) is 1.39. The number of para-hydroxylation sites is 1. The minimum Gasteiger partial charge on any atom is -0.491 e. The van der Waals surface area contributed by atoms with Crippen molar-refractivity contribution in [2.75, 3.05) is 38.9 Å². The number of barbiturate groups is 1. The number of halogens is 1. The second kappa shape index (κ2) is 10.3. The SMILES string of the molecule is CCOc1cc(/C=C2/C(=O)N(CCOC)C(=O)N(c3ccccc3)C2=O)cc(Cl)c1OC. The number of methoxy groups -OCH3 is 2. The van der Waals surface area contributed by atoms with Gasteiger partial charge in [0.15, 0.2) is 11.5 Å². The van der Waals surface area contributed by atoms with Crippen molar-refractivity contribution in [2.24, 2.45) is 0 Å². The van der Waals surface area contributed by atoms with E-state index in [9.17, 15) is 14.4 Å². The number of benzene rings is 2. The summed E-state index contributed by atoms with van der Waals surface area (Å²) in [6.45, 7) is 2.30. The van der Waals surface area contributed by atoms with Gasteiger partial charge < -0.3 is 14.2 Å². The van der Waals surface area contributed by atoms with Crippen molar-refractivity contribution in [3.8, 4) is 11.5 Å². The van der Waals surface area contributed by atoms with Crippen LogP contribution in [0.15, 0.2) is 48.0 Å². The van der Waals surface area contributed by atoms with Crippen molar-refractivity contribution >= 4 is 41.2 Å². The fourth-order valence-corrected chi connectivity index (χ4v) is 3.56. The van der Waals surface area contributed by atoms with E-state index in [4.69, 9.17) is 25.8 Å². The van der Waals surface area contributed by atoms with Crippen LogP contribution in [-0.2, 0) is 14.3 Å². The number of rotatable bonds is 8. The molecule has 0 spiro atoms. The topological polar surface area (TPSA) is 85.4 Å². The predicted octanol–water partition coefficient (Wildman–Crippen LogP) is 3.77. The lowest BCUT2D eigenvalue weighted by atomic mass is 10.0. The third kappa shape index (κ3) is 4.61. The summed E-state index contributed by atoms with van der Waals surface area (Å²) in [5.41, 5.74) is 0.615. The average molecular weight is 459 g/mol. The van der Waals surface area contributed by atoms with E-state index in [2.05, 4.69) is 0 Å². The summed E-state index contributed by atoms with van der Waals surface area (Å²) < 4.78 is 15.9. The number of nitrogens with zero attached hydrogens (tertiary/aromatic N) is 2. The number of ether oxygens (including phenoxy) is 3. The van der Waals surface area contributed by atoms with Crippen LogP contribution < -0.4 is 14.4 Å². The average Bonchev–Trinajstić information content (AvgIpc) is 2.77. The maximum absolute atomic E-state index is 13.3. The number of urea groups is 1. The number of carbonyl (C=O) groups excluding carboxylic acids is 3. The minimum absolute atomic E-state index is 0.00428. The molecule has 32 heavy (non-hydrogen) atoms. The Labute approximate surface area is 190 Å². The molecule has 1 heterocycles. The molecule has 4 amide bonds. The first-order valence-corrected chi connectivity index (χ1v) is 10.3. The van der Waals surface area contributed by atoms with Crippen molar-refractivity contribution in [1.82, 2.24) is 4.90 Å². The molecule has 9 heteroatoms. The monoisotopic (exact) mass is 458 g/mol. The molecular formula is C23H23ClN2O6. The third-order valence-electron chi connectivity index (χ3n) is 4.71. The summed E-state index contributed by atoms with van der Waals surface area (Å²) in [4.78, 5) is 41.3. The van der Waals surface area contributed by atoms with Crippen LogP contribution in [0.5, 0.6) is 11.5 Å². The number of carbonyl (C=O) groups is 3. The van der Waals surface area contributed by atoms with E-state index in [1.807, 2.05) is 6.92 Å². The molecule has 0 aromatic heterocycles. The maximum Gasteiger partial charge on any atom is 0.338 e. The van der Waals surface area contributed by atoms with Gasteiger partial charge in [-0.1, -0.05) is 29.8 Å². The number of imide groups is 2. The highest BCUT2D eigenvalue weighted by atomic mass is 35.5. The lowest BCUT2D eigenvalue weighted by Crippen LogP contribution is -2.57. The Morgan fingerprint density at radius 3 is 2.38 bits per heavy atom. The standard InChI is InChI=1S/C23H23ClN2O6/c1-4-32-19-14-15(13-18(24)20(19)31-3)12-17-21(27)25(10-11-30-2)23(29)26(22(17)28)16-8-6-5-7-9-16/h5-9,12-14H,4,10-11H2,1-3H3/b17-12-. The first-order chi connectivity index (χ1) is 15.4. The van der Waals surface area contributed by atoms with Crippen LogP contribution in [0, 0.1) is 0 Å². The first kappa shape index (κ1) is 23.3. The summed E-state index contributed by atoms with van der Waals surface area (Å²) in [5, 5.41) is 0.258. The van der Waals surface area contributed by atoms with Gasteiger partial charge in [0.25, 0.3) is 11.8 Å². The molecule has 0 N–H and O–H groups in total. The summed E-state index contributed by atoms with van der Waals surface area (Å²) >= 11 is 6.31. The fraction of sp³-hybridized carbons (Fsp3) is 0.261. The molecule has 2 aromatic carbocycles. The Morgan fingerprint density at radius 1 is 1.03 bits per heavy atom. The van der Waals surface area contributed by atoms with Crippen molar-refractivity contribution in [1.29, 1.82) is 0 Å². The van der Waals surface area contributed by atoms with E-state index >= 15 is 0 Å². The largest absolute Gasteiger partial charge is 0.491 e. The van der Waals surface area contributed by atoms with E-state index in [-0.39, 0.29) is 23.7 Å².